The van der Waals surface area contributed by atoms with Gasteiger partial charge < -0.3 is 14.8 Å². The van der Waals surface area contributed by atoms with Crippen LogP contribution in [0.25, 0.3) is 22.3 Å². The lowest BCUT2D eigenvalue weighted by Gasteiger charge is -2.56. The van der Waals surface area contributed by atoms with Gasteiger partial charge in [0, 0.05) is 91.9 Å². The number of H-pyrrole nitrogens is 2. The van der Waals surface area contributed by atoms with Crippen molar-refractivity contribution in [1.29, 1.82) is 0 Å². The monoisotopic (exact) mass is 713 g/mol. The van der Waals surface area contributed by atoms with Gasteiger partial charge in [-0.1, -0.05) is 19.1 Å². The van der Waals surface area contributed by atoms with E-state index in [0.29, 0.717) is 66.1 Å². The maximum Gasteiger partial charge on any atom is 0.260 e. The van der Waals surface area contributed by atoms with E-state index in [1.165, 1.54) is 12.1 Å². The van der Waals surface area contributed by atoms with Gasteiger partial charge in [0.1, 0.15) is 11.5 Å². The number of nitrogens with one attached hydrogen (secondary N) is 3. The van der Waals surface area contributed by atoms with Crippen molar-refractivity contribution in [2.45, 2.75) is 63.2 Å². The number of carbonyl (C=O) groups is 3. The summed E-state index contributed by atoms with van der Waals surface area (Å²) in [5.74, 6) is -4.80. The molecule has 6 aliphatic rings. The van der Waals surface area contributed by atoms with Crippen molar-refractivity contribution in [2.75, 3.05) is 50.7 Å². The van der Waals surface area contributed by atoms with Crippen molar-refractivity contribution in [3.05, 3.63) is 70.7 Å². The van der Waals surface area contributed by atoms with E-state index in [-0.39, 0.29) is 35.6 Å². The number of hydrogen-bond acceptors (Lipinski definition) is 6. The van der Waals surface area contributed by atoms with E-state index in [2.05, 4.69) is 42.4 Å². The largest absolute Gasteiger partial charge is 0.372 e. The van der Waals surface area contributed by atoms with Crippen LogP contribution in [0.3, 0.4) is 0 Å². The van der Waals surface area contributed by atoms with Gasteiger partial charge in [-0.2, -0.15) is 5.10 Å². The number of amides is 3. The zero-order valence-corrected chi connectivity index (χ0v) is 29.1. The first-order valence-corrected chi connectivity index (χ1v) is 18.5. The van der Waals surface area contributed by atoms with Gasteiger partial charge in [-0.05, 0) is 67.5 Å². The van der Waals surface area contributed by atoms with Gasteiger partial charge in [-0.15, -0.1) is 0 Å². The number of rotatable bonds is 6. The van der Waals surface area contributed by atoms with Crippen LogP contribution in [0, 0.1) is 17.2 Å². The summed E-state index contributed by atoms with van der Waals surface area (Å²) in [5, 5.41) is 10.4. The fourth-order valence-electron chi connectivity index (χ4n) is 9.39. The molecule has 2 bridgehead atoms. The van der Waals surface area contributed by atoms with E-state index >= 15 is 4.39 Å². The molecule has 52 heavy (non-hydrogen) atoms. The smallest absolute Gasteiger partial charge is 0.260 e. The highest BCUT2D eigenvalue weighted by molar-refractivity contribution is 6.01. The first-order valence-electron chi connectivity index (χ1n) is 18.5. The average molecular weight is 714 g/mol. The third-order valence-electron chi connectivity index (χ3n) is 12.6. The van der Waals surface area contributed by atoms with Gasteiger partial charge in [-0.25, -0.2) is 13.2 Å². The van der Waals surface area contributed by atoms with Gasteiger partial charge in [-0.3, -0.25) is 29.7 Å². The van der Waals surface area contributed by atoms with Crippen LogP contribution in [0.2, 0.25) is 0 Å². The molecule has 3 amide bonds. The van der Waals surface area contributed by atoms with Crippen LogP contribution < -0.4 is 10.2 Å². The molecule has 10 rings (SSSR count). The molecule has 272 valence electrons. The molecule has 3 aliphatic heterocycles. The van der Waals surface area contributed by atoms with E-state index < -0.39 is 23.1 Å². The zero-order valence-electron chi connectivity index (χ0n) is 29.1. The Labute approximate surface area is 299 Å². The minimum atomic E-state index is -2.80. The maximum atomic E-state index is 15.4. The number of fused-ring (bicyclic) bond motifs is 1. The fourth-order valence-corrected chi connectivity index (χ4v) is 9.39. The van der Waals surface area contributed by atoms with Crippen molar-refractivity contribution in [3.63, 3.8) is 0 Å². The highest BCUT2D eigenvalue weighted by atomic mass is 19.3. The second-order valence-electron chi connectivity index (χ2n) is 15.8. The molecule has 4 fully saturated rings. The quantitative estimate of drug-likeness (QED) is 0.225. The Bertz CT molecular complexity index is 2080. The molecule has 3 aliphatic carbocycles. The first-order chi connectivity index (χ1) is 25.0. The summed E-state index contributed by atoms with van der Waals surface area (Å²) >= 11 is 0. The number of anilines is 1. The summed E-state index contributed by atoms with van der Waals surface area (Å²) in [4.78, 5) is 47.0. The van der Waals surface area contributed by atoms with Gasteiger partial charge >= 0.3 is 0 Å². The molecule has 3 atom stereocenters. The number of alkyl halides is 2. The van der Waals surface area contributed by atoms with Crippen LogP contribution in [-0.4, -0.2) is 94.4 Å². The molecule has 13 heteroatoms. The third-order valence-corrected chi connectivity index (χ3v) is 12.6. The summed E-state index contributed by atoms with van der Waals surface area (Å²) in [5.41, 5.74) is 3.84. The number of benzene rings is 2. The highest BCUT2D eigenvalue weighted by Gasteiger charge is 2.70. The first kappa shape index (κ1) is 33.2. The van der Waals surface area contributed by atoms with E-state index in [1.807, 2.05) is 12.1 Å². The van der Waals surface area contributed by atoms with E-state index in [9.17, 15) is 23.2 Å². The Balaban J connectivity index is 0.789. The van der Waals surface area contributed by atoms with Crippen molar-refractivity contribution in [1.82, 2.24) is 30.3 Å². The molecule has 10 nitrogen and oxygen atoms in total. The zero-order chi connectivity index (χ0) is 35.9. The Morgan fingerprint density at radius 2 is 1.73 bits per heavy atom. The predicted octanol–water partition coefficient (Wildman–Crippen LogP) is 5.58. The molecule has 5 heterocycles. The Morgan fingerprint density at radius 3 is 2.44 bits per heavy atom. The molecule has 3 saturated heterocycles. The third kappa shape index (κ3) is 5.41. The van der Waals surface area contributed by atoms with Gasteiger partial charge in [0.25, 0.3) is 11.8 Å². The molecule has 2 aromatic heterocycles. The van der Waals surface area contributed by atoms with Gasteiger partial charge in [0.15, 0.2) is 0 Å². The maximum absolute atomic E-state index is 15.4. The van der Waals surface area contributed by atoms with Crippen LogP contribution in [-0.2, 0) is 16.0 Å². The number of piperidine rings is 2. The van der Waals surface area contributed by atoms with Gasteiger partial charge in [0.2, 0.25) is 11.8 Å². The number of halogens is 3. The van der Waals surface area contributed by atoms with Crippen LogP contribution >= 0.6 is 0 Å². The molecule has 0 spiro atoms. The molecule has 3 N–H and O–H groups in total. The van der Waals surface area contributed by atoms with Crippen molar-refractivity contribution in [3.8, 4) is 11.4 Å². The molecule has 0 radical (unpaired) electrons. The number of carbonyl (C=O) groups excluding carboxylic acids is 3. The van der Waals surface area contributed by atoms with Crippen molar-refractivity contribution >= 4 is 34.3 Å². The molecule has 2 unspecified atom stereocenters. The lowest BCUT2D eigenvalue weighted by Crippen LogP contribution is -2.59. The van der Waals surface area contributed by atoms with E-state index in [1.54, 1.807) is 17.9 Å². The number of piperazine rings is 1. The number of nitrogens with zero attached hydrogens (tertiary/aromatic N) is 4. The van der Waals surface area contributed by atoms with Gasteiger partial charge in [0.05, 0.1) is 23.1 Å². The minimum absolute atomic E-state index is 0.00258. The molecule has 4 aromatic rings. The van der Waals surface area contributed by atoms with Crippen molar-refractivity contribution in [2.24, 2.45) is 11.3 Å². The Morgan fingerprint density at radius 1 is 0.981 bits per heavy atom. The normalized spacial score (nSPS) is 26.3. The standard InChI is InChI=1S/C39H42F3N7O3/c1-38-19-28(39(38,41)42)34-32(20-38)45-46-35(34)31-17-24-16-29(40)27(18-30(24)43-31)37(52)49-14-12-47(13-15-49)21-22-8-10-48(11-9-22)25-4-2-23(3-5-25)26-6-7-33(50)44-36(26)51/h2-5,16-18,22,26,28,43H,6-15,19-21H2,1H3,(H,45,46)(H,44,50,51)/t26?,28?,38-/m0/s1. The van der Waals surface area contributed by atoms with Crippen LogP contribution in [0.4, 0.5) is 18.9 Å². The summed E-state index contributed by atoms with van der Waals surface area (Å²) in [6, 6.07) is 12.7. The number of aromatic nitrogens is 3. The second-order valence-corrected chi connectivity index (χ2v) is 15.8. The molecular formula is C39H42F3N7O3. The van der Waals surface area contributed by atoms with Crippen molar-refractivity contribution < 1.29 is 27.6 Å². The Hall–Kier alpha value is -4.65. The Kier molecular flexibility index (Phi) is 7.80. The topological polar surface area (TPSA) is 117 Å². The average Bonchev–Trinajstić information content (AvgIpc) is 3.75. The lowest BCUT2D eigenvalue weighted by molar-refractivity contribution is -0.220. The predicted molar refractivity (Wildman–Crippen MR) is 189 cm³/mol. The highest BCUT2D eigenvalue weighted by Crippen LogP contribution is 2.68. The molecule has 2 aromatic carbocycles. The summed E-state index contributed by atoms with van der Waals surface area (Å²) in [6.45, 7) is 6.93. The van der Waals surface area contributed by atoms with E-state index in [4.69, 9.17) is 0 Å². The van der Waals surface area contributed by atoms with E-state index in [0.717, 1.165) is 62.5 Å². The summed E-state index contributed by atoms with van der Waals surface area (Å²) in [7, 11) is 0. The van der Waals surface area contributed by atoms with Crippen LogP contribution in [0.15, 0.2) is 42.5 Å². The number of hydrogen-bond donors (Lipinski definition) is 3. The molecular weight excluding hydrogens is 671 g/mol. The van der Waals surface area contributed by atoms with Crippen LogP contribution in [0.1, 0.15) is 78.0 Å². The van der Waals surface area contributed by atoms with Crippen LogP contribution in [0.5, 0.6) is 0 Å². The lowest BCUT2D eigenvalue weighted by atomic mass is 9.51. The molecule has 1 saturated carbocycles. The fraction of sp³-hybridized carbons (Fsp3) is 0.487. The summed E-state index contributed by atoms with van der Waals surface area (Å²) < 4.78 is 45.4. The number of aromatic amines is 2. The SMILES string of the molecule is C[C@@]12Cc3[nH]nc(-c4cc5cc(F)c(C(=O)N6CCN(CC7CCN(c8ccc(C9CCC(=O)NC9=O)cc8)CC7)CC6)cc5[nH]4)c3C(C1)C2(F)F. The number of imide groups is 1. The summed E-state index contributed by atoms with van der Waals surface area (Å²) in [6.07, 6.45) is 3.67. The second kappa shape index (κ2) is 12.2. The minimum Gasteiger partial charge on any atom is -0.372 e.